The van der Waals surface area contributed by atoms with Gasteiger partial charge in [0.15, 0.2) is 5.16 Å². The normalized spacial score (nSPS) is 17.2. The predicted molar refractivity (Wildman–Crippen MR) is 99.5 cm³/mol. The van der Waals surface area contributed by atoms with Gasteiger partial charge < -0.3 is 19.4 Å². The summed E-state index contributed by atoms with van der Waals surface area (Å²) in [4.78, 5) is 29.7. The van der Waals surface area contributed by atoms with Crippen LogP contribution in [0.3, 0.4) is 0 Å². The van der Waals surface area contributed by atoms with E-state index in [-0.39, 0.29) is 0 Å². The Balaban J connectivity index is 2.64. The minimum Gasteiger partial charge on any atom is -0.466 e. The highest BCUT2D eigenvalue weighted by Gasteiger charge is 2.39. The zero-order chi connectivity index (χ0) is 19.4. The van der Waals surface area contributed by atoms with Gasteiger partial charge in [-0.3, -0.25) is 0 Å². The largest absolute Gasteiger partial charge is 0.466 e. The summed E-state index contributed by atoms with van der Waals surface area (Å²) in [6.45, 7) is 5.85. The summed E-state index contributed by atoms with van der Waals surface area (Å²) >= 11 is 1.49. The summed E-state index contributed by atoms with van der Waals surface area (Å²) in [7, 11) is 3.20. The van der Waals surface area contributed by atoms with Crippen LogP contribution in [0.25, 0.3) is 0 Å². The second kappa shape index (κ2) is 8.44. The highest BCUT2D eigenvalue weighted by atomic mass is 32.2. The average Bonchev–Trinajstić information content (AvgIpc) is 2.98. The van der Waals surface area contributed by atoms with E-state index in [4.69, 9.17) is 9.47 Å². The van der Waals surface area contributed by atoms with Gasteiger partial charge in [-0.05, 0) is 26.5 Å². The van der Waals surface area contributed by atoms with Gasteiger partial charge >= 0.3 is 11.9 Å². The zero-order valence-corrected chi connectivity index (χ0v) is 16.8. The number of dihydropyridines is 1. The van der Waals surface area contributed by atoms with Crippen LogP contribution in [0.2, 0.25) is 0 Å². The number of nitrogens with one attached hydrogen (secondary N) is 1. The number of hydrogen-bond donors (Lipinski definition) is 1. The highest BCUT2D eigenvalue weighted by Crippen LogP contribution is 2.39. The third-order valence-corrected chi connectivity index (χ3v) is 5.03. The maximum Gasteiger partial charge on any atom is 0.336 e. The fourth-order valence-electron chi connectivity index (χ4n) is 3.08. The van der Waals surface area contributed by atoms with Gasteiger partial charge in [-0.2, -0.15) is 0 Å². The highest BCUT2D eigenvalue weighted by molar-refractivity contribution is 7.98. The number of allylic oxidation sites excluding steroid dienone is 2. The molecule has 0 fully saturated rings. The van der Waals surface area contributed by atoms with Gasteiger partial charge in [0.05, 0.1) is 42.7 Å². The third kappa shape index (κ3) is 3.65. The van der Waals surface area contributed by atoms with Crippen molar-refractivity contribution in [2.75, 3.05) is 20.0 Å². The molecule has 1 atom stereocenters. The van der Waals surface area contributed by atoms with Crippen LogP contribution in [0.1, 0.15) is 38.8 Å². The Bertz CT molecular complexity index is 779. The van der Waals surface area contributed by atoms with Crippen molar-refractivity contribution in [3.05, 3.63) is 34.4 Å². The zero-order valence-electron chi connectivity index (χ0n) is 16.0. The van der Waals surface area contributed by atoms with Crippen molar-refractivity contribution in [1.29, 1.82) is 0 Å². The van der Waals surface area contributed by atoms with Crippen molar-refractivity contribution in [2.24, 2.45) is 7.05 Å². The molecule has 0 amide bonds. The molecule has 2 heterocycles. The number of carbonyl (C=O) groups excluding carboxylic acids is 2. The van der Waals surface area contributed by atoms with Gasteiger partial charge in [0.1, 0.15) is 0 Å². The topological polar surface area (TPSA) is 82.4 Å². The number of carbonyl (C=O) groups is 2. The number of ether oxygens (including phenoxy) is 2. The lowest BCUT2D eigenvalue weighted by Crippen LogP contribution is -2.33. The molecule has 1 unspecified atom stereocenters. The van der Waals surface area contributed by atoms with Gasteiger partial charge in [-0.1, -0.05) is 18.7 Å². The van der Waals surface area contributed by atoms with Crippen molar-refractivity contribution in [3.63, 3.8) is 0 Å². The maximum absolute atomic E-state index is 12.8. The first kappa shape index (κ1) is 20.1. The van der Waals surface area contributed by atoms with E-state index in [2.05, 4.69) is 10.3 Å². The maximum atomic E-state index is 12.8. The Morgan fingerprint density at radius 2 is 1.88 bits per heavy atom. The van der Waals surface area contributed by atoms with Gasteiger partial charge in [0.25, 0.3) is 0 Å². The molecule has 0 radical (unpaired) electrons. The number of esters is 2. The minimum absolute atomic E-state index is 0.319. The summed E-state index contributed by atoms with van der Waals surface area (Å²) < 4.78 is 12.2. The van der Waals surface area contributed by atoms with E-state index in [1.54, 1.807) is 20.0 Å². The van der Waals surface area contributed by atoms with Crippen LogP contribution in [-0.4, -0.2) is 41.5 Å². The Morgan fingerprint density at radius 1 is 1.27 bits per heavy atom. The molecule has 1 aliphatic heterocycles. The molecule has 1 aliphatic rings. The second-order valence-electron chi connectivity index (χ2n) is 5.99. The lowest BCUT2D eigenvalue weighted by atomic mass is 9.83. The van der Waals surface area contributed by atoms with E-state index in [9.17, 15) is 9.59 Å². The van der Waals surface area contributed by atoms with Crippen molar-refractivity contribution in [2.45, 2.75) is 38.3 Å². The number of thioether (sulfide) groups is 1. The van der Waals surface area contributed by atoms with Crippen molar-refractivity contribution < 1.29 is 19.1 Å². The van der Waals surface area contributed by atoms with Crippen molar-refractivity contribution in [3.8, 4) is 0 Å². The van der Waals surface area contributed by atoms with Crippen LogP contribution in [0, 0.1) is 0 Å². The second-order valence-corrected chi connectivity index (χ2v) is 6.77. The molecule has 1 N–H and O–H groups in total. The SMILES string of the molecule is CCCOC(=O)C1=C(C)NC(C)=C(C(=O)OC)C1c1cnc(SC)n1C. The summed E-state index contributed by atoms with van der Waals surface area (Å²) in [5.74, 6) is -1.53. The molecule has 7 nitrogen and oxygen atoms in total. The van der Waals surface area contributed by atoms with Gasteiger partial charge in [0, 0.05) is 18.4 Å². The van der Waals surface area contributed by atoms with Crippen molar-refractivity contribution >= 4 is 23.7 Å². The van der Waals surface area contributed by atoms with E-state index < -0.39 is 17.9 Å². The van der Waals surface area contributed by atoms with E-state index >= 15 is 0 Å². The number of aromatic nitrogens is 2. The first-order valence-corrected chi connectivity index (χ1v) is 9.59. The monoisotopic (exact) mass is 379 g/mol. The van der Waals surface area contributed by atoms with Gasteiger partial charge in [0.2, 0.25) is 0 Å². The lowest BCUT2D eigenvalue weighted by Gasteiger charge is -2.30. The molecule has 0 aliphatic carbocycles. The third-order valence-electron chi connectivity index (χ3n) is 4.28. The van der Waals surface area contributed by atoms with Crippen molar-refractivity contribution in [1.82, 2.24) is 14.9 Å². The Hall–Kier alpha value is -2.22. The number of rotatable bonds is 6. The molecule has 142 valence electrons. The molecule has 0 saturated heterocycles. The van der Waals surface area contributed by atoms with Gasteiger partial charge in [-0.15, -0.1) is 0 Å². The van der Waals surface area contributed by atoms with Crippen LogP contribution in [0.4, 0.5) is 0 Å². The number of methoxy groups -OCH3 is 1. The first-order valence-electron chi connectivity index (χ1n) is 8.36. The summed E-state index contributed by atoms with van der Waals surface area (Å²) in [6.07, 6.45) is 4.34. The van der Waals surface area contributed by atoms with Crippen LogP contribution in [0.15, 0.2) is 33.9 Å². The van der Waals surface area contributed by atoms with E-state index in [1.807, 2.05) is 24.8 Å². The smallest absolute Gasteiger partial charge is 0.336 e. The van der Waals surface area contributed by atoms with E-state index in [0.717, 1.165) is 17.3 Å². The Labute approximate surface area is 157 Å². The number of nitrogens with zero attached hydrogens (tertiary/aromatic N) is 2. The summed E-state index contributed by atoms with van der Waals surface area (Å²) in [5, 5.41) is 3.91. The van der Waals surface area contributed by atoms with Gasteiger partial charge in [-0.25, -0.2) is 14.6 Å². The summed E-state index contributed by atoms with van der Waals surface area (Å²) in [6, 6.07) is 0. The molecule has 1 aromatic rings. The fraction of sp³-hybridized carbons (Fsp3) is 0.500. The molecule has 0 saturated carbocycles. The van der Waals surface area contributed by atoms with Crippen LogP contribution >= 0.6 is 11.8 Å². The minimum atomic E-state index is -0.605. The van der Waals surface area contributed by atoms with Crippen LogP contribution in [-0.2, 0) is 26.1 Å². The van der Waals surface area contributed by atoms with Crippen LogP contribution < -0.4 is 5.32 Å². The first-order chi connectivity index (χ1) is 12.4. The Kier molecular flexibility index (Phi) is 6.52. The summed E-state index contributed by atoms with van der Waals surface area (Å²) in [5.41, 5.74) is 2.84. The molecule has 0 spiro atoms. The molecular formula is C18H25N3O4S. The van der Waals surface area contributed by atoms with Crippen LogP contribution in [0.5, 0.6) is 0 Å². The fourth-order valence-corrected chi connectivity index (χ4v) is 3.61. The standard InChI is InChI=1S/C18H25N3O4S/c1-7-8-25-17(23)14-11(3)20-10(2)13(16(22)24-5)15(14)12-9-19-18(26-6)21(12)4/h9,15,20H,7-8H2,1-6H3. The molecule has 0 bridgehead atoms. The molecule has 0 aromatic carbocycles. The Morgan fingerprint density at radius 3 is 2.38 bits per heavy atom. The quantitative estimate of drug-likeness (QED) is 0.601. The molecule has 1 aromatic heterocycles. The predicted octanol–water partition coefficient (Wildman–Crippen LogP) is 2.50. The van der Waals surface area contributed by atoms with E-state index in [0.29, 0.717) is 29.1 Å². The number of imidazole rings is 1. The molecule has 2 rings (SSSR count). The average molecular weight is 379 g/mol. The lowest BCUT2D eigenvalue weighted by molar-refractivity contribution is -0.139. The van der Waals surface area contributed by atoms with E-state index in [1.165, 1.54) is 18.9 Å². The molecular weight excluding hydrogens is 354 g/mol. The molecule has 26 heavy (non-hydrogen) atoms. The number of hydrogen-bond acceptors (Lipinski definition) is 7. The molecule has 8 heteroatoms.